The molecule has 0 atom stereocenters. The minimum Gasteiger partial charge on any atom is -1.00 e. The van der Waals surface area contributed by atoms with Gasteiger partial charge in [0.15, 0.2) is 0 Å². The summed E-state index contributed by atoms with van der Waals surface area (Å²) in [4.78, 5) is 0. The van der Waals surface area contributed by atoms with E-state index in [0.717, 1.165) is 0 Å². The first kappa shape index (κ1) is 10.6. The smallest absolute Gasteiger partial charge is 1.00 e. The molecule has 0 aliphatic carbocycles. The van der Waals surface area contributed by atoms with E-state index >= 15 is 0 Å². The Labute approximate surface area is 79.6 Å². The van der Waals surface area contributed by atoms with E-state index in [1.165, 1.54) is 0 Å². The molecule has 0 rings (SSSR count). The van der Waals surface area contributed by atoms with Crippen molar-refractivity contribution in [2.45, 2.75) is 0 Å². The molecule has 0 unspecified atom stereocenters. The van der Waals surface area contributed by atoms with Gasteiger partial charge in [0.1, 0.15) is 0 Å². The summed E-state index contributed by atoms with van der Waals surface area (Å²) in [5, 5.41) is 0. The molecule has 0 fully saturated rings. The molecule has 0 heterocycles. The molecule has 0 saturated carbocycles. The first-order valence-corrected chi connectivity index (χ1v) is 1.90. The van der Waals surface area contributed by atoms with Gasteiger partial charge in [0.25, 0.3) is 0 Å². The van der Waals surface area contributed by atoms with Crippen LogP contribution in [-0.4, -0.2) is 53.5 Å². The fourth-order valence-corrected chi connectivity index (χ4v) is 0. The molecule has 36 valence electrons. The van der Waals surface area contributed by atoms with Crippen LogP contribution in [0.5, 0.6) is 0 Å². The van der Waals surface area contributed by atoms with E-state index in [-0.39, 0.29) is 51.7 Å². The van der Waals surface area contributed by atoms with Crippen molar-refractivity contribution < 1.29 is 31.7 Å². The zero-order chi connectivity index (χ0) is 4.50. The van der Waals surface area contributed by atoms with Crippen molar-refractivity contribution in [3.05, 3.63) is 0 Å². The monoisotopic (exact) mass is 240 g/mol. The SMILES string of the molecule is [Ba+2].[H-].[H-].[O-][Cl+3]([O-])([O-])O. The third-order valence-electron chi connectivity index (χ3n) is 0. The second kappa shape index (κ2) is 3.67. The van der Waals surface area contributed by atoms with Gasteiger partial charge in [-0.2, -0.15) is 14.0 Å². The minimum atomic E-state index is -4.69. The van der Waals surface area contributed by atoms with Crippen LogP contribution >= 0.6 is 0 Å². The van der Waals surface area contributed by atoms with E-state index in [0.29, 0.717) is 0 Å². The van der Waals surface area contributed by atoms with Crippen LogP contribution in [-0.2, 0) is 0 Å². The fraction of sp³-hybridized carbons (Fsp3) is 0. The van der Waals surface area contributed by atoms with Crippen LogP contribution in [0.2, 0.25) is 0 Å². The molecular weight excluding hydrogens is 237 g/mol. The molecule has 4 nitrogen and oxygen atoms in total. The van der Waals surface area contributed by atoms with Gasteiger partial charge in [-0.05, 0) is 0 Å². The standard InChI is InChI=1S/Ba.ClHO4.2H/c;2-1(3,4)5;;/h;(H,2,3,4,5);;/q+2;;2*-1. The number of halogens is 1. The van der Waals surface area contributed by atoms with Gasteiger partial charge < -0.3 is 2.85 Å². The zero-order valence-corrected chi connectivity index (χ0v) is 7.95. The third kappa shape index (κ3) is 43.5. The molecule has 0 aromatic heterocycles. The van der Waals surface area contributed by atoms with Gasteiger partial charge in [-0.15, -0.1) is 0 Å². The van der Waals surface area contributed by atoms with Crippen molar-refractivity contribution in [2.75, 3.05) is 0 Å². The first-order valence-electron chi connectivity index (χ1n) is 0.632. The molecule has 0 bridgehead atoms. The molecule has 0 aliphatic heterocycles. The van der Waals surface area contributed by atoms with Crippen molar-refractivity contribution in [1.29, 1.82) is 0 Å². The molecule has 6 heavy (non-hydrogen) atoms. The van der Waals surface area contributed by atoms with E-state index < -0.39 is 10.2 Å². The third-order valence-corrected chi connectivity index (χ3v) is 0. The largest absolute Gasteiger partial charge is 2.00 e. The molecule has 0 radical (unpaired) electrons. The molecule has 0 spiro atoms. The van der Waals surface area contributed by atoms with Crippen molar-refractivity contribution in [2.24, 2.45) is 0 Å². The Morgan fingerprint density at radius 2 is 1.33 bits per heavy atom. The summed E-state index contributed by atoms with van der Waals surface area (Å²) in [6, 6.07) is 0. The van der Waals surface area contributed by atoms with Crippen LogP contribution in [0, 0.1) is 10.2 Å². The average molecular weight is 240 g/mol. The Hall–Kier alpha value is 1.70. The maximum atomic E-state index is 8.60. The van der Waals surface area contributed by atoms with E-state index in [2.05, 4.69) is 0 Å². The van der Waals surface area contributed by atoms with Crippen LogP contribution < -0.4 is 14.0 Å². The summed E-state index contributed by atoms with van der Waals surface area (Å²) in [7, 11) is -4.69. The van der Waals surface area contributed by atoms with Crippen molar-refractivity contribution in [1.82, 2.24) is 0 Å². The van der Waals surface area contributed by atoms with Gasteiger partial charge in [-0.3, -0.25) is 0 Å². The number of rotatable bonds is 0. The predicted molar refractivity (Wildman–Crippen MR) is 10.2 cm³/mol. The van der Waals surface area contributed by atoms with Crippen LogP contribution in [0.25, 0.3) is 0 Å². The molecule has 0 aromatic carbocycles. The normalized spacial score (nSPS) is 10.0. The van der Waals surface area contributed by atoms with Crippen LogP contribution in [0.3, 0.4) is 0 Å². The minimum absolute atomic E-state index is 0. The molecule has 0 aromatic rings. The average Bonchev–Trinajstić information content (AvgIpc) is 0.722. The second-order valence-corrected chi connectivity index (χ2v) is 1.19. The maximum Gasteiger partial charge on any atom is 2.00 e. The van der Waals surface area contributed by atoms with Crippen molar-refractivity contribution >= 4 is 48.9 Å². The van der Waals surface area contributed by atoms with E-state index in [1.54, 1.807) is 0 Å². The molecule has 0 saturated heterocycles. The van der Waals surface area contributed by atoms with E-state index in [1.807, 2.05) is 0 Å². The van der Waals surface area contributed by atoms with E-state index in [4.69, 9.17) is 18.6 Å². The Bertz CT molecular complexity index is 29.5. The van der Waals surface area contributed by atoms with Gasteiger partial charge in [0.2, 0.25) is 0 Å². The maximum absolute atomic E-state index is 8.60. The van der Waals surface area contributed by atoms with Gasteiger partial charge in [-0.1, -0.05) is 0 Å². The predicted octanol–water partition coefficient (Wildman–Crippen LogP) is -4.28. The van der Waals surface area contributed by atoms with Crippen LogP contribution in [0.1, 0.15) is 2.85 Å². The zero-order valence-electron chi connectivity index (χ0n) is 4.76. The summed E-state index contributed by atoms with van der Waals surface area (Å²) in [5.41, 5.74) is 0. The Balaban J connectivity index is -0.0000000267. The summed E-state index contributed by atoms with van der Waals surface area (Å²) in [6.07, 6.45) is 0. The molecule has 6 heteroatoms. The molecule has 1 N–H and O–H groups in total. The summed E-state index contributed by atoms with van der Waals surface area (Å²) < 4.78 is 32.7. The molecular formula is H3BaClO4. The molecule has 0 aliphatic rings. The second-order valence-electron chi connectivity index (χ2n) is 0.396. The van der Waals surface area contributed by atoms with Gasteiger partial charge >= 0.3 is 48.9 Å². The van der Waals surface area contributed by atoms with Gasteiger partial charge in [0, 0.05) is 0 Å². The quantitative estimate of drug-likeness (QED) is 0.434. The van der Waals surface area contributed by atoms with Crippen molar-refractivity contribution in [3.8, 4) is 0 Å². The fourth-order valence-electron chi connectivity index (χ4n) is 0. The van der Waals surface area contributed by atoms with Gasteiger partial charge in [0.05, 0.1) is 14.9 Å². The molecule has 0 amide bonds. The number of hydrogen-bond donors (Lipinski definition) is 1. The summed E-state index contributed by atoms with van der Waals surface area (Å²) in [5.74, 6) is 0. The van der Waals surface area contributed by atoms with E-state index in [9.17, 15) is 0 Å². The Morgan fingerprint density at radius 1 is 1.33 bits per heavy atom. The summed E-state index contributed by atoms with van der Waals surface area (Å²) in [6.45, 7) is 0. The van der Waals surface area contributed by atoms with Crippen molar-refractivity contribution in [3.63, 3.8) is 0 Å². The number of hydrogen-bond acceptors (Lipinski definition) is 4. The van der Waals surface area contributed by atoms with Crippen LogP contribution in [0.15, 0.2) is 0 Å². The van der Waals surface area contributed by atoms with Crippen LogP contribution in [0.4, 0.5) is 0 Å². The topological polar surface area (TPSA) is 89.4 Å². The Morgan fingerprint density at radius 3 is 1.33 bits per heavy atom. The summed E-state index contributed by atoms with van der Waals surface area (Å²) >= 11 is 0. The van der Waals surface area contributed by atoms with Gasteiger partial charge in [-0.25, -0.2) is 0 Å². The first-order chi connectivity index (χ1) is 2.00. The Kier molecular flexibility index (Phi) is 6.51.